The number of alkyl halides is 3. The molecule has 0 atom stereocenters. The molecule has 0 saturated carbocycles. The van der Waals surface area contributed by atoms with Crippen LogP contribution in [0, 0.1) is 0 Å². The van der Waals surface area contributed by atoms with E-state index in [2.05, 4.69) is 26.7 Å². The molecule has 32 heavy (non-hydrogen) atoms. The minimum absolute atomic E-state index is 0.162. The molecule has 1 spiro atoms. The lowest BCUT2D eigenvalue weighted by Crippen LogP contribution is -2.53. The second-order valence-corrected chi connectivity index (χ2v) is 10.4. The van der Waals surface area contributed by atoms with Crippen molar-refractivity contribution in [2.45, 2.75) is 36.1 Å². The summed E-state index contributed by atoms with van der Waals surface area (Å²) in [5, 5.41) is 11.4. The van der Waals surface area contributed by atoms with Gasteiger partial charge < -0.3 is 9.84 Å². The Morgan fingerprint density at radius 3 is 2.53 bits per heavy atom. The molecule has 2 aliphatic heterocycles. The van der Waals surface area contributed by atoms with Gasteiger partial charge in [0.05, 0.1) is 6.54 Å². The Morgan fingerprint density at radius 2 is 1.97 bits per heavy atom. The van der Waals surface area contributed by atoms with Crippen LogP contribution < -0.4 is 4.74 Å². The highest BCUT2D eigenvalue weighted by atomic mass is 32.2. The van der Waals surface area contributed by atoms with Gasteiger partial charge in [0.1, 0.15) is 10.5 Å². The zero-order valence-electron chi connectivity index (χ0n) is 17.1. The third-order valence-corrected chi connectivity index (χ3v) is 7.79. The lowest BCUT2D eigenvalue weighted by atomic mass is 9.90. The number of pyridine rings is 1. The number of hydrogen-bond donors (Lipinski definition) is 1. The second-order valence-electron chi connectivity index (χ2n) is 7.56. The largest absolute Gasteiger partial charge is 0.490 e. The summed E-state index contributed by atoms with van der Waals surface area (Å²) in [5.74, 6) is -2.52. The highest BCUT2D eigenvalue weighted by molar-refractivity contribution is 7.89. The Bertz CT molecular complexity index is 1040. The average Bonchev–Trinajstić information content (AvgIpc) is 3.20. The molecule has 0 radical (unpaired) electrons. The minimum Gasteiger partial charge on any atom is -0.475 e. The van der Waals surface area contributed by atoms with Crippen molar-refractivity contribution in [2.75, 3.05) is 26.7 Å². The Labute approximate surface area is 187 Å². The lowest BCUT2D eigenvalue weighted by Gasteiger charge is -2.41. The topological polar surface area (TPSA) is 100 Å². The number of sulfonamides is 1. The van der Waals surface area contributed by atoms with Gasteiger partial charge in [0.25, 0.3) is 0 Å². The van der Waals surface area contributed by atoms with Crippen molar-refractivity contribution >= 4 is 27.3 Å². The zero-order chi connectivity index (χ0) is 23.6. The summed E-state index contributed by atoms with van der Waals surface area (Å²) in [6.45, 7) is 3.05. The number of aliphatic carboxylic acids is 1. The van der Waals surface area contributed by atoms with Gasteiger partial charge in [-0.25, -0.2) is 18.2 Å². The van der Waals surface area contributed by atoms with Crippen LogP contribution in [-0.4, -0.2) is 72.1 Å². The predicted octanol–water partition coefficient (Wildman–Crippen LogP) is 2.82. The van der Waals surface area contributed by atoms with Crippen LogP contribution in [0.4, 0.5) is 13.2 Å². The van der Waals surface area contributed by atoms with Gasteiger partial charge >= 0.3 is 12.1 Å². The molecule has 0 amide bonds. The number of fused-ring (bicyclic) bond motifs is 1. The van der Waals surface area contributed by atoms with E-state index in [1.54, 1.807) is 36.7 Å². The molecule has 4 rings (SSSR count). The smallest absolute Gasteiger partial charge is 0.475 e. The number of piperidine rings is 1. The number of aromatic nitrogens is 1. The number of likely N-dealkylation sites (N-methyl/N-ethyl adjacent to an activating group) is 1. The van der Waals surface area contributed by atoms with Crippen LogP contribution in [0.2, 0.25) is 0 Å². The normalized spacial score (nSPS) is 20.4. The fraction of sp³-hybridized carbons (Fsp3) is 0.474. The van der Waals surface area contributed by atoms with E-state index in [1.165, 1.54) is 9.87 Å². The standard InChI is InChI=1S/C17H21N3O3S2.C2HF3O2/c1-19-13-17(23-16-15(25(19,21)22)3-2-7-18-16)5-8-20(9-6-17)11-14-4-10-24-12-14;3-2(4,5)1(6)7/h2-4,7,10,12H,5-6,8-9,11,13H2,1H3;(H,6,7). The molecule has 2 aliphatic rings. The molecule has 1 fully saturated rings. The maximum atomic E-state index is 12.7. The Kier molecular flexibility index (Phi) is 7.12. The molecule has 2 aromatic heterocycles. The van der Waals surface area contributed by atoms with Crippen LogP contribution in [0.15, 0.2) is 40.1 Å². The van der Waals surface area contributed by atoms with Gasteiger partial charge in [-0.1, -0.05) is 0 Å². The molecule has 0 bridgehead atoms. The monoisotopic (exact) mass is 493 g/mol. The summed E-state index contributed by atoms with van der Waals surface area (Å²) in [5.41, 5.74) is 0.821. The number of nitrogens with zero attached hydrogens (tertiary/aromatic N) is 3. The molecule has 0 aliphatic carbocycles. The molecule has 1 N–H and O–H groups in total. The first-order valence-corrected chi connectivity index (χ1v) is 12.0. The van der Waals surface area contributed by atoms with Crippen LogP contribution in [0.25, 0.3) is 0 Å². The first-order valence-electron chi connectivity index (χ1n) is 9.57. The third-order valence-electron chi connectivity index (χ3n) is 5.24. The molecule has 0 aromatic carbocycles. The molecule has 176 valence electrons. The summed E-state index contributed by atoms with van der Waals surface area (Å²) in [6.07, 6.45) is -1.93. The average molecular weight is 494 g/mol. The lowest BCUT2D eigenvalue weighted by molar-refractivity contribution is -0.192. The van der Waals surface area contributed by atoms with Crippen LogP contribution in [-0.2, 0) is 21.4 Å². The number of halogens is 3. The number of thiophene rings is 1. The first kappa shape index (κ1) is 24.4. The van der Waals surface area contributed by atoms with Crippen molar-refractivity contribution < 1.29 is 36.2 Å². The van der Waals surface area contributed by atoms with Gasteiger partial charge in [-0.3, -0.25) is 4.90 Å². The first-order chi connectivity index (χ1) is 14.9. The Morgan fingerprint density at radius 1 is 1.31 bits per heavy atom. The van der Waals surface area contributed by atoms with E-state index in [0.29, 0.717) is 6.54 Å². The number of carboxylic acid groups (broad SMARTS) is 1. The van der Waals surface area contributed by atoms with E-state index < -0.39 is 27.8 Å². The van der Waals surface area contributed by atoms with Crippen LogP contribution in [0.5, 0.6) is 5.88 Å². The summed E-state index contributed by atoms with van der Waals surface area (Å²) < 4.78 is 64.8. The van der Waals surface area contributed by atoms with E-state index in [4.69, 9.17) is 14.6 Å². The quantitative estimate of drug-likeness (QED) is 0.687. The number of ether oxygens (including phenoxy) is 1. The van der Waals surface area contributed by atoms with Gasteiger partial charge in [-0.2, -0.15) is 28.8 Å². The zero-order valence-corrected chi connectivity index (χ0v) is 18.7. The number of rotatable bonds is 2. The summed E-state index contributed by atoms with van der Waals surface area (Å²) in [4.78, 5) is 15.7. The highest BCUT2D eigenvalue weighted by Crippen LogP contribution is 2.37. The molecule has 8 nitrogen and oxygen atoms in total. The number of likely N-dealkylation sites (tertiary alicyclic amines) is 1. The summed E-state index contributed by atoms with van der Waals surface area (Å²) in [6, 6.07) is 5.35. The van der Waals surface area contributed by atoms with Crippen molar-refractivity contribution in [2.24, 2.45) is 0 Å². The number of carboxylic acids is 1. The Balaban J connectivity index is 0.000000360. The van der Waals surface area contributed by atoms with Gasteiger partial charge in [0.2, 0.25) is 15.9 Å². The van der Waals surface area contributed by atoms with E-state index >= 15 is 0 Å². The van der Waals surface area contributed by atoms with E-state index in [1.807, 2.05) is 0 Å². The maximum absolute atomic E-state index is 12.7. The van der Waals surface area contributed by atoms with Crippen molar-refractivity contribution in [3.8, 4) is 5.88 Å². The van der Waals surface area contributed by atoms with E-state index in [-0.39, 0.29) is 10.8 Å². The molecule has 4 heterocycles. The highest BCUT2D eigenvalue weighted by Gasteiger charge is 2.44. The second kappa shape index (κ2) is 9.33. The van der Waals surface area contributed by atoms with Crippen molar-refractivity contribution in [1.29, 1.82) is 0 Å². The summed E-state index contributed by atoms with van der Waals surface area (Å²) in [7, 11) is -1.93. The molecule has 0 unspecified atom stereocenters. The van der Waals surface area contributed by atoms with E-state index in [9.17, 15) is 21.6 Å². The number of hydrogen-bond acceptors (Lipinski definition) is 7. The minimum atomic E-state index is -5.08. The van der Waals surface area contributed by atoms with Crippen LogP contribution >= 0.6 is 11.3 Å². The fourth-order valence-electron chi connectivity index (χ4n) is 3.56. The van der Waals surface area contributed by atoms with Crippen molar-refractivity contribution in [3.05, 3.63) is 40.7 Å². The molecule has 13 heteroatoms. The van der Waals surface area contributed by atoms with Gasteiger partial charge in [0.15, 0.2) is 0 Å². The summed E-state index contributed by atoms with van der Waals surface area (Å²) >= 11 is 1.71. The van der Waals surface area contributed by atoms with E-state index in [0.717, 1.165) is 32.5 Å². The molecular weight excluding hydrogens is 471 g/mol. The van der Waals surface area contributed by atoms with Crippen LogP contribution in [0.1, 0.15) is 18.4 Å². The van der Waals surface area contributed by atoms with Gasteiger partial charge in [0, 0.05) is 45.7 Å². The SMILES string of the molecule is CN1CC2(CCN(Cc3ccsc3)CC2)Oc2ncccc2S1(=O)=O.O=C(O)C(F)(F)F. The van der Waals surface area contributed by atoms with Crippen molar-refractivity contribution in [3.63, 3.8) is 0 Å². The molecule has 2 aromatic rings. The Hall–Kier alpha value is -2.22. The van der Waals surface area contributed by atoms with Gasteiger partial charge in [-0.15, -0.1) is 0 Å². The van der Waals surface area contributed by atoms with Crippen molar-refractivity contribution in [1.82, 2.24) is 14.2 Å². The van der Waals surface area contributed by atoms with Crippen LogP contribution in [0.3, 0.4) is 0 Å². The maximum Gasteiger partial charge on any atom is 0.490 e. The molecule has 1 saturated heterocycles. The van der Waals surface area contributed by atoms with Gasteiger partial charge in [-0.05, 0) is 34.5 Å². The molecular formula is C19H22F3N3O5S2. The third kappa shape index (κ3) is 5.57. The predicted molar refractivity (Wildman–Crippen MR) is 110 cm³/mol. The number of carbonyl (C=O) groups is 1. The fourth-order valence-corrected chi connectivity index (χ4v) is 5.53.